The Labute approximate surface area is 144 Å². The number of hydrogen-bond donors (Lipinski definition) is 3. The van der Waals surface area contributed by atoms with Crippen molar-refractivity contribution in [3.63, 3.8) is 0 Å². The normalized spacial score (nSPS) is 15.4. The maximum atomic E-state index is 8.64. The highest BCUT2D eigenvalue weighted by molar-refractivity contribution is 6.16. The van der Waals surface area contributed by atoms with Crippen molar-refractivity contribution >= 4 is 22.3 Å². The van der Waals surface area contributed by atoms with Gasteiger partial charge in [0.2, 0.25) is 5.88 Å². The van der Waals surface area contributed by atoms with Gasteiger partial charge in [0.25, 0.3) is 0 Å². The lowest BCUT2D eigenvalue weighted by Crippen LogP contribution is -2.27. The standard InChI is InChI=1S/C18H19N5O2/c19-14-3-6-21-18(25-13-4-7-24-8-5-13)16(14)17(20)11-1-2-12-10-22-23-15(12)9-11/h1-3,6,9-10,13,20H,4-5,7-8H2,(H2,19,21)(H,22,23). The maximum Gasteiger partial charge on any atom is 0.225 e. The molecule has 1 fully saturated rings. The van der Waals surface area contributed by atoms with E-state index in [-0.39, 0.29) is 11.8 Å². The van der Waals surface area contributed by atoms with Crippen molar-refractivity contribution in [2.24, 2.45) is 0 Å². The Morgan fingerprint density at radius 1 is 1.28 bits per heavy atom. The minimum Gasteiger partial charge on any atom is -0.474 e. The first-order valence-corrected chi connectivity index (χ1v) is 8.23. The van der Waals surface area contributed by atoms with E-state index in [9.17, 15) is 0 Å². The van der Waals surface area contributed by atoms with E-state index in [0.717, 1.165) is 29.3 Å². The Morgan fingerprint density at radius 3 is 2.96 bits per heavy atom. The van der Waals surface area contributed by atoms with Gasteiger partial charge in [-0.3, -0.25) is 10.5 Å². The summed E-state index contributed by atoms with van der Waals surface area (Å²) in [6.45, 7) is 1.35. The van der Waals surface area contributed by atoms with Crippen molar-refractivity contribution in [1.82, 2.24) is 15.2 Å². The number of benzene rings is 1. The number of aromatic amines is 1. The molecule has 25 heavy (non-hydrogen) atoms. The molecule has 3 heterocycles. The van der Waals surface area contributed by atoms with Gasteiger partial charge in [-0.2, -0.15) is 5.10 Å². The molecule has 1 saturated heterocycles. The van der Waals surface area contributed by atoms with E-state index in [0.29, 0.717) is 30.3 Å². The van der Waals surface area contributed by atoms with Crippen LogP contribution >= 0.6 is 0 Å². The summed E-state index contributed by atoms with van der Waals surface area (Å²) >= 11 is 0. The molecule has 4 rings (SSSR count). The molecule has 0 bridgehead atoms. The molecule has 0 aliphatic carbocycles. The minimum atomic E-state index is 0.0321. The predicted molar refractivity (Wildman–Crippen MR) is 95.1 cm³/mol. The van der Waals surface area contributed by atoms with Gasteiger partial charge < -0.3 is 15.2 Å². The summed E-state index contributed by atoms with van der Waals surface area (Å²) in [7, 11) is 0. The summed E-state index contributed by atoms with van der Waals surface area (Å²) in [4.78, 5) is 4.33. The number of H-pyrrole nitrogens is 1. The van der Waals surface area contributed by atoms with E-state index in [1.54, 1.807) is 18.5 Å². The number of rotatable bonds is 4. The number of nitrogens with one attached hydrogen (secondary N) is 2. The number of hydrogen-bond acceptors (Lipinski definition) is 6. The second kappa shape index (κ2) is 6.52. The molecular weight excluding hydrogens is 318 g/mol. The molecule has 1 aliphatic heterocycles. The monoisotopic (exact) mass is 337 g/mol. The van der Waals surface area contributed by atoms with E-state index in [4.69, 9.17) is 20.6 Å². The first-order valence-electron chi connectivity index (χ1n) is 8.23. The topological polar surface area (TPSA) is 110 Å². The molecule has 0 unspecified atom stereocenters. The van der Waals surface area contributed by atoms with Crippen LogP contribution in [0.2, 0.25) is 0 Å². The van der Waals surface area contributed by atoms with Gasteiger partial charge in [0.1, 0.15) is 6.10 Å². The summed E-state index contributed by atoms with van der Waals surface area (Å²) in [5.41, 5.74) is 9.03. The molecule has 0 saturated carbocycles. The average molecular weight is 337 g/mol. The number of nitrogens with zero attached hydrogens (tertiary/aromatic N) is 2. The number of nitrogen functional groups attached to an aromatic ring is 1. The number of ether oxygens (including phenoxy) is 2. The molecule has 0 radical (unpaired) electrons. The van der Waals surface area contributed by atoms with Crippen LogP contribution in [0.25, 0.3) is 10.9 Å². The van der Waals surface area contributed by atoms with Crippen molar-refractivity contribution in [2.45, 2.75) is 18.9 Å². The second-order valence-electron chi connectivity index (χ2n) is 6.06. The molecule has 7 nitrogen and oxygen atoms in total. The summed E-state index contributed by atoms with van der Waals surface area (Å²) in [6, 6.07) is 7.38. The third-order valence-corrected chi connectivity index (χ3v) is 4.38. The van der Waals surface area contributed by atoms with Crippen LogP contribution in [0.15, 0.2) is 36.7 Å². The van der Waals surface area contributed by atoms with Gasteiger partial charge in [-0.05, 0) is 12.1 Å². The largest absolute Gasteiger partial charge is 0.474 e. The zero-order valence-electron chi connectivity index (χ0n) is 13.7. The molecule has 0 spiro atoms. The van der Waals surface area contributed by atoms with Gasteiger partial charge in [-0.25, -0.2) is 4.98 Å². The van der Waals surface area contributed by atoms with Crippen LogP contribution in [0.1, 0.15) is 24.0 Å². The van der Waals surface area contributed by atoms with Crippen LogP contribution in [-0.2, 0) is 4.74 Å². The van der Waals surface area contributed by atoms with Crippen molar-refractivity contribution in [3.8, 4) is 5.88 Å². The van der Waals surface area contributed by atoms with E-state index in [1.807, 2.05) is 18.2 Å². The molecule has 1 aromatic carbocycles. The van der Waals surface area contributed by atoms with Crippen LogP contribution in [0.5, 0.6) is 5.88 Å². The maximum absolute atomic E-state index is 8.64. The summed E-state index contributed by atoms with van der Waals surface area (Å²) in [6.07, 6.45) is 5.01. The van der Waals surface area contributed by atoms with E-state index < -0.39 is 0 Å². The van der Waals surface area contributed by atoms with Gasteiger partial charge in [0.05, 0.1) is 36.2 Å². The minimum absolute atomic E-state index is 0.0321. The van der Waals surface area contributed by atoms with Crippen molar-refractivity contribution in [3.05, 3.63) is 47.8 Å². The van der Waals surface area contributed by atoms with Gasteiger partial charge >= 0.3 is 0 Å². The van der Waals surface area contributed by atoms with Gasteiger partial charge in [0, 0.05) is 35.7 Å². The molecule has 4 N–H and O–H groups in total. The Balaban J connectivity index is 1.69. The third kappa shape index (κ3) is 3.06. The summed E-state index contributed by atoms with van der Waals surface area (Å²) in [5, 5.41) is 16.6. The lowest BCUT2D eigenvalue weighted by Gasteiger charge is -2.24. The fourth-order valence-electron chi connectivity index (χ4n) is 2.99. The first kappa shape index (κ1) is 15.6. The number of anilines is 1. The van der Waals surface area contributed by atoms with Crippen LogP contribution in [0.3, 0.4) is 0 Å². The molecule has 0 amide bonds. The Bertz CT molecular complexity index is 915. The van der Waals surface area contributed by atoms with E-state index in [2.05, 4.69) is 15.2 Å². The Morgan fingerprint density at radius 2 is 2.12 bits per heavy atom. The fourth-order valence-corrected chi connectivity index (χ4v) is 2.99. The second-order valence-corrected chi connectivity index (χ2v) is 6.06. The zero-order chi connectivity index (χ0) is 17.2. The number of aromatic nitrogens is 3. The highest BCUT2D eigenvalue weighted by atomic mass is 16.5. The van der Waals surface area contributed by atoms with Crippen molar-refractivity contribution < 1.29 is 9.47 Å². The lowest BCUT2D eigenvalue weighted by molar-refractivity contribution is 0.0237. The van der Waals surface area contributed by atoms with Crippen LogP contribution < -0.4 is 10.5 Å². The highest BCUT2D eigenvalue weighted by Crippen LogP contribution is 2.28. The molecule has 2 aromatic heterocycles. The number of pyridine rings is 1. The SMILES string of the molecule is N=C(c1ccc2cn[nH]c2c1)c1c(N)ccnc1OC1CCOCC1. The van der Waals surface area contributed by atoms with Gasteiger partial charge in [-0.1, -0.05) is 12.1 Å². The first-order chi connectivity index (χ1) is 12.2. The molecule has 3 aromatic rings. The molecule has 1 aliphatic rings. The quantitative estimate of drug-likeness (QED) is 0.634. The smallest absolute Gasteiger partial charge is 0.225 e. The fraction of sp³-hybridized carbons (Fsp3) is 0.278. The van der Waals surface area contributed by atoms with Crippen molar-refractivity contribution in [1.29, 1.82) is 5.41 Å². The summed E-state index contributed by atoms with van der Waals surface area (Å²) in [5.74, 6) is 0.404. The molecule has 7 heteroatoms. The van der Waals surface area contributed by atoms with Gasteiger partial charge in [0.15, 0.2) is 0 Å². The summed E-state index contributed by atoms with van der Waals surface area (Å²) < 4.78 is 11.4. The highest BCUT2D eigenvalue weighted by Gasteiger charge is 2.21. The predicted octanol–water partition coefficient (Wildman–Crippen LogP) is 2.51. The average Bonchev–Trinajstić information content (AvgIpc) is 3.10. The Hall–Kier alpha value is -2.93. The van der Waals surface area contributed by atoms with E-state index >= 15 is 0 Å². The zero-order valence-corrected chi connectivity index (χ0v) is 13.7. The van der Waals surface area contributed by atoms with Crippen LogP contribution in [0, 0.1) is 5.41 Å². The molecular formula is C18H19N5O2. The number of fused-ring (bicyclic) bond motifs is 1. The Kier molecular flexibility index (Phi) is 4.07. The molecule has 0 atom stereocenters. The third-order valence-electron chi connectivity index (χ3n) is 4.38. The lowest BCUT2D eigenvalue weighted by atomic mass is 10.0. The van der Waals surface area contributed by atoms with Crippen LogP contribution in [-0.4, -0.2) is 40.2 Å². The molecule has 128 valence electrons. The number of nitrogens with two attached hydrogens (primary N) is 1. The van der Waals surface area contributed by atoms with E-state index in [1.165, 1.54) is 0 Å². The van der Waals surface area contributed by atoms with Crippen molar-refractivity contribution in [2.75, 3.05) is 18.9 Å². The van der Waals surface area contributed by atoms with Crippen LogP contribution in [0.4, 0.5) is 5.69 Å². The van der Waals surface area contributed by atoms with Gasteiger partial charge in [-0.15, -0.1) is 0 Å².